The van der Waals surface area contributed by atoms with Crippen molar-refractivity contribution in [3.05, 3.63) is 39.4 Å². The molecule has 1 aromatic rings. The van der Waals surface area contributed by atoms with Crippen molar-refractivity contribution in [2.75, 3.05) is 0 Å². The molecule has 1 radical (unpaired) electrons. The maximum absolute atomic E-state index is 10.6. The van der Waals surface area contributed by atoms with Crippen molar-refractivity contribution < 1.29 is 4.92 Å². The van der Waals surface area contributed by atoms with E-state index in [9.17, 15) is 10.1 Å². The molecule has 0 aromatic heterocycles. The first-order valence-electron chi connectivity index (χ1n) is 4.17. The van der Waals surface area contributed by atoms with E-state index >= 15 is 0 Å². The van der Waals surface area contributed by atoms with Crippen LogP contribution in [0.5, 0.6) is 0 Å². The summed E-state index contributed by atoms with van der Waals surface area (Å²) in [5, 5.41) is 10.6. The number of nitro benzene ring substituents is 1. The minimum Gasteiger partial charge on any atom is -0.258 e. The van der Waals surface area contributed by atoms with Gasteiger partial charge in [0, 0.05) is 11.6 Å². The zero-order valence-corrected chi connectivity index (χ0v) is 7.78. The molecule has 0 amide bonds. The van der Waals surface area contributed by atoms with Crippen LogP contribution in [0, 0.1) is 17.0 Å². The van der Waals surface area contributed by atoms with Crippen molar-refractivity contribution >= 4 is 13.0 Å². The van der Waals surface area contributed by atoms with Crippen LogP contribution in [-0.4, -0.2) is 12.2 Å². The van der Waals surface area contributed by atoms with Crippen LogP contribution in [0.15, 0.2) is 18.2 Å². The van der Waals surface area contributed by atoms with Gasteiger partial charge >= 0.3 is 0 Å². The number of benzene rings is 1. The van der Waals surface area contributed by atoms with Crippen molar-refractivity contribution in [2.45, 2.75) is 20.1 Å². The Morgan fingerprint density at radius 1 is 1.54 bits per heavy atom. The third-order valence-corrected chi connectivity index (χ3v) is 1.86. The first-order valence-corrected chi connectivity index (χ1v) is 4.17. The molecule has 3 nitrogen and oxygen atoms in total. The van der Waals surface area contributed by atoms with Gasteiger partial charge in [-0.3, -0.25) is 10.1 Å². The van der Waals surface area contributed by atoms with Crippen LogP contribution >= 0.6 is 0 Å². The Hall–Kier alpha value is -1.32. The van der Waals surface area contributed by atoms with Gasteiger partial charge in [0.1, 0.15) is 7.28 Å². The van der Waals surface area contributed by atoms with E-state index in [4.69, 9.17) is 0 Å². The van der Waals surface area contributed by atoms with Crippen LogP contribution in [0.25, 0.3) is 0 Å². The molecule has 0 fully saturated rings. The van der Waals surface area contributed by atoms with Crippen LogP contribution in [0.2, 0.25) is 6.82 Å². The van der Waals surface area contributed by atoms with Crippen molar-refractivity contribution in [1.82, 2.24) is 0 Å². The van der Waals surface area contributed by atoms with Gasteiger partial charge in [0.25, 0.3) is 5.69 Å². The van der Waals surface area contributed by atoms with Gasteiger partial charge < -0.3 is 0 Å². The Kier molecular flexibility index (Phi) is 3.06. The molecule has 13 heavy (non-hydrogen) atoms. The van der Waals surface area contributed by atoms with E-state index in [-0.39, 0.29) is 10.6 Å². The lowest BCUT2D eigenvalue weighted by Gasteiger charge is -2.01. The van der Waals surface area contributed by atoms with Gasteiger partial charge in [-0.05, 0) is 18.8 Å². The summed E-state index contributed by atoms with van der Waals surface area (Å²) in [6, 6.07) is 5.32. The Labute approximate surface area is 78.2 Å². The zero-order valence-electron chi connectivity index (χ0n) is 7.78. The summed E-state index contributed by atoms with van der Waals surface area (Å²) in [4.78, 5) is 10.3. The highest BCUT2D eigenvalue weighted by atomic mass is 16.6. The lowest BCUT2D eigenvalue weighted by Crippen LogP contribution is -1.98. The fourth-order valence-corrected chi connectivity index (χ4v) is 1.24. The van der Waals surface area contributed by atoms with Crippen LogP contribution < -0.4 is 0 Å². The smallest absolute Gasteiger partial charge is 0.258 e. The molecule has 0 saturated carbocycles. The highest BCUT2D eigenvalue weighted by Crippen LogP contribution is 2.19. The molecule has 4 heteroatoms. The van der Waals surface area contributed by atoms with E-state index < -0.39 is 0 Å². The summed E-state index contributed by atoms with van der Waals surface area (Å²) in [5.41, 5.74) is 1.92. The second-order valence-electron chi connectivity index (χ2n) is 3.00. The van der Waals surface area contributed by atoms with Gasteiger partial charge in [0.15, 0.2) is 0 Å². The molecule has 0 spiro atoms. The molecular formula is C9H11BNO2. The number of aryl methyl sites for hydroxylation is 1. The first-order chi connectivity index (χ1) is 6.15. The number of nitrogens with zero attached hydrogens (tertiary/aromatic N) is 1. The molecule has 1 aromatic carbocycles. The molecule has 0 unspecified atom stereocenters. The molecule has 0 heterocycles. The maximum Gasteiger partial charge on any atom is 0.272 e. The molecule has 0 aliphatic rings. The lowest BCUT2D eigenvalue weighted by atomic mass is 9.74. The summed E-state index contributed by atoms with van der Waals surface area (Å²) in [5.74, 6) is 0. The highest BCUT2D eigenvalue weighted by molar-refractivity contribution is 6.33. The normalized spacial score (nSPS) is 9.69. The van der Waals surface area contributed by atoms with Crippen LogP contribution in [0.1, 0.15) is 11.1 Å². The first kappa shape index (κ1) is 9.77. The number of hydrogen-bond donors (Lipinski definition) is 0. The van der Waals surface area contributed by atoms with Crippen LogP contribution in [0.3, 0.4) is 0 Å². The molecule has 0 aliphatic carbocycles. The summed E-state index contributed by atoms with van der Waals surface area (Å²) in [7, 11) is 1.91. The summed E-state index contributed by atoms with van der Waals surface area (Å²) in [6.07, 6.45) is 0.649. The van der Waals surface area contributed by atoms with Gasteiger partial charge in [0.2, 0.25) is 0 Å². The predicted octanol–water partition coefficient (Wildman–Crippen LogP) is 2.16. The van der Waals surface area contributed by atoms with E-state index in [1.54, 1.807) is 6.07 Å². The van der Waals surface area contributed by atoms with Gasteiger partial charge in [-0.2, -0.15) is 0 Å². The SMILES string of the molecule is C[B]Cc1ccc(C)cc1[N+](=O)[O-]. The summed E-state index contributed by atoms with van der Waals surface area (Å²) >= 11 is 0. The van der Waals surface area contributed by atoms with E-state index in [0.717, 1.165) is 11.1 Å². The van der Waals surface area contributed by atoms with E-state index in [1.165, 1.54) is 0 Å². The number of hydrogen-bond acceptors (Lipinski definition) is 2. The molecule has 0 bridgehead atoms. The minimum absolute atomic E-state index is 0.220. The average molecular weight is 176 g/mol. The molecule has 0 N–H and O–H groups in total. The summed E-state index contributed by atoms with van der Waals surface area (Å²) in [6.45, 7) is 3.75. The quantitative estimate of drug-likeness (QED) is 0.402. The van der Waals surface area contributed by atoms with Crippen molar-refractivity contribution in [3.8, 4) is 0 Å². The van der Waals surface area contributed by atoms with Gasteiger partial charge in [-0.25, -0.2) is 0 Å². The molecule has 67 valence electrons. The molecule has 0 aliphatic heterocycles. The second kappa shape index (κ2) is 4.07. The van der Waals surface area contributed by atoms with E-state index in [0.29, 0.717) is 6.32 Å². The Balaban J connectivity index is 3.10. The predicted molar refractivity (Wildman–Crippen MR) is 53.2 cm³/mol. The second-order valence-corrected chi connectivity index (χ2v) is 3.00. The monoisotopic (exact) mass is 176 g/mol. The Bertz CT molecular complexity index is 325. The van der Waals surface area contributed by atoms with Crippen molar-refractivity contribution in [1.29, 1.82) is 0 Å². The fourth-order valence-electron chi connectivity index (χ4n) is 1.24. The average Bonchev–Trinajstić information content (AvgIpc) is 2.08. The maximum atomic E-state index is 10.6. The van der Waals surface area contributed by atoms with E-state index in [1.807, 2.05) is 33.2 Å². The summed E-state index contributed by atoms with van der Waals surface area (Å²) < 4.78 is 0. The number of rotatable bonds is 3. The van der Waals surface area contributed by atoms with Crippen LogP contribution in [0.4, 0.5) is 5.69 Å². The fraction of sp³-hybridized carbons (Fsp3) is 0.333. The topological polar surface area (TPSA) is 43.1 Å². The van der Waals surface area contributed by atoms with Gasteiger partial charge in [-0.1, -0.05) is 19.0 Å². The van der Waals surface area contributed by atoms with Crippen molar-refractivity contribution in [2.24, 2.45) is 0 Å². The zero-order chi connectivity index (χ0) is 9.84. The standard InChI is InChI=1S/C9H11BNO2/c1-7-3-4-8(6-10-2)9(5-7)11(12)13/h3-5H,6H2,1-2H3. The van der Waals surface area contributed by atoms with Crippen LogP contribution in [-0.2, 0) is 6.32 Å². The third kappa shape index (κ3) is 2.31. The van der Waals surface area contributed by atoms with Crippen molar-refractivity contribution in [3.63, 3.8) is 0 Å². The third-order valence-electron chi connectivity index (χ3n) is 1.86. The van der Waals surface area contributed by atoms with E-state index in [2.05, 4.69) is 0 Å². The Morgan fingerprint density at radius 3 is 2.77 bits per heavy atom. The molecular weight excluding hydrogens is 165 g/mol. The minimum atomic E-state index is -0.328. The molecule has 0 saturated heterocycles. The largest absolute Gasteiger partial charge is 0.272 e. The Morgan fingerprint density at radius 2 is 2.23 bits per heavy atom. The molecule has 0 atom stereocenters. The van der Waals surface area contributed by atoms with Gasteiger partial charge in [0.05, 0.1) is 4.92 Å². The lowest BCUT2D eigenvalue weighted by molar-refractivity contribution is -0.385. The highest BCUT2D eigenvalue weighted by Gasteiger charge is 2.11. The molecule has 1 rings (SSSR count). The number of nitro groups is 1. The van der Waals surface area contributed by atoms with Gasteiger partial charge in [-0.15, -0.1) is 0 Å².